The molecule has 4 heteroatoms. The topological polar surface area (TPSA) is 55.4 Å². The SMILES string of the molecule is CCCCCCCCC12CCC(=O)C=C1C(=O)C(OCC)=C(C)N2. The van der Waals surface area contributed by atoms with Gasteiger partial charge in [0.05, 0.1) is 17.8 Å². The maximum absolute atomic E-state index is 12.8. The van der Waals surface area contributed by atoms with Crippen LogP contribution < -0.4 is 5.32 Å². The van der Waals surface area contributed by atoms with E-state index in [9.17, 15) is 9.59 Å². The summed E-state index contributed by atoms with van der Waals surface area (Å²) in [5.74, 6) is 0.318. The second-order valence-electron chi connectivity index (χ2n) is 6.97. The average Bonchev–Trinajstić information content (AvgIpc) is 2.56. The number of hydrogen-bond acceptors (Lipinski definition) is 4. The smallest absolute Gasteiger partial charge is 0.227 e. The Labute approximate surface area is 145 Å². The molecule has 0 spiro atoms. The summed E-state index contributed by atoms with van der Waals surface area (Å²) in [6.07, 6.45) is 11.0. The van der Waals surface area contributed by atoms with Gasteiger partial charge in [0, 0.05) is 12.0 Å². The summed E-state index contributed by atoms with van der Waals surface area (Å²) < 4.78 is 5.52. The van der Waals surface area contributed by atoms with E-state index in [-0.39, 0.29) is 17.1 Å². The average molecular weight is 333 g/mol. The van der Waals surface area contributed by atoms with Crippen LogP contribution in [0, 0.1) is 0 Å². The second-order valence-corrected chi connectivity index (χ2v) is 6.97. The fourth-order valence-electron chi connectivity index (χ4n) is 3.81. The second kappa shape index (κ2) is 8.50. The number of ether oxygens (including phenoxy) is 1. The zero-order chi connectivity index (χ0) is 17.6. The molecule has 1 N–H and O–H groups in total. The van der Waals surface area contributed by atoms with Gasteiger partial charge in [-0.3, -0.25) is 9.59 Å². The van der Waals surface area contributed by atoms with E-state index >= 15 is 0 Å². The molecule has 0 saturated heterocycles. The van der Waals surface area contributed by atoms with Crippen LogP contribution in [0.25, 0.3) is 0 Å². The highest BCUT2D eigenvalue weighted by Crippen LogP contribution is 2.39. The highest BCUT2D eigenvalue weighted by Gasteiger charge is 2.45. The molecule has 0 fully saturated rings. The molecule has 0 aromatic carbocycles. The lowest BCUT2D eigenvalue weighted by molar-refractivity contribution is -0.120. The van der Waals surface area contributed by atoms with Crippen molar-refractivity contribution in [2.45, 2.75) is 84.1 Å². The number of ketones is 2. The Kier molecular flexibility index (Phi) is 6.64. The fraction of sp³-hybridized carbons (Fsp3) is 0.700. The van der Waals surface area contributed by atoms with Crippen molar-refractivity contribution in [3.05, 3.63) is 23.1 Å². The van der Waals surface area contributed by atoms with Crippen LogP contribution in [-0.4, -0.2) is 23.7 Å². The van der Waals surface area contributed by atoms with Crippen molar-refractivity contribution in [1.82, 2.24) is 5.32 Å². The molecule has 0 aromatic rings. The Balaban J connectivity index is 2.12. The molecule has 0 saturated carbocycles. The van der Waals surface area contributed by atoms with Gasteiger partial charge in [-0.1, -0.05) is 45.4 Å². The van der Waals surface area contributed by atoms with Gasteiger partial charge < -0.3 is 10.1 Å². The molecule has 0 amide bonds. The van der Waals surface area contributed by atoms with E-state index in [0.29, 0.717) is 30.8 Å². The molecule has 2 aliphatic rings. The highest BCUT2D eigenvalue weighted by atomic mass is 16.5. The molecule has 1 aliphatic carbocycles. The van der Waals surface area contributed by atoms with Crippen LogP contribution in [0.4, 0.5) is 0 Å². The van der Waals surface area contributed by atoms with Crippen LogP contribution >= 0.6 is 0 Å². The number of unbranched alkanes of at least 4 members (excludes halogenated alkanes) is 5. The molecule has 134 valence electrons. The lowest BCUT2D eigenvalue weighted by atomic mass is 9.72. The van der Waals surface area contributed by atoms with Crippen LogP contribution in [0.2, 0.25) is 0 Å². The fourth-order valence-corrected chi connectivity index (χ4v) is 3.81. The summed E-state index contributed by atoms with van der Waals surface area (Å²) in [7, 11) is 0. The van der Waals surface area contributed by atoms with Crippen molar-refractivity contribution in [2.75, 3.05) is 6.61 Å². The third kappa shape index (κ3) is 4.08. The van der Waals surface area contributed by atoms with Gasteiger partial charge in [-0.25, -0.2) is 0 Å². The number of rotatable bonds is 9. The number of carbonyl (C=O) groups is 2. The lowest BCUT2D eigenvalue weighted by Crippen LogP contribution is -2.54. The quantitative estimate of drug-likeness (QED) is 0.642. The van der Waals surface area contributed by atoms with E-state index in [2.05, 4.69) is 12.2 Å². The Bertz CT molecular complexity index is 547. The number of hydrogen-bond donors (Lipinski definition) is 1. The zero-order valence-corrected chi connectivity index (χ0v) is 15.4. The van der Waals surface area contributed by atoms with E-state index < -0.39 is 0 Å². The van der Waals surface area contributed by atoms with Crippen molar-refractivity contribution < 1.29 is 14.3 Å². The van der Waals surface area contributed by atoms with Gasteiger partial charge in [-0.2, -0.15) is 0 Å². The van der Waals surface area contributed by atoms with Gasteiger partial charge in [-0.05, 0) is 32.8 Å². The molecule has 1 atom stereocenters. The first kappa shape index (κ1) is 18.8. The van der Waals surface area contributed by atoms with E-state index in [1.165, 1.54) is 32.1 Å². The third-order valence-corrected chi connectivity index (χ3v) is 5.08. The van der Waals surface area contributed by atoms with E-state index in [0.717, 1.165) is 18.5 Å². The molecule has 2 rings (SSSR count). The lowest BCUT2D eigenvalue weighted by Gasteiger charge is -2.43. The summed E-state index contributed by atoms with van der Waals surface area (Å²) in [4.78, 5) is 24.7. The van der Waals surface area contributed by atoms with Gasteiger partial charge in [-0.15, -0.1) is 0 Å². The zero-order valence-electron chi connectivity index (χ0n) is 15.4. The first-order valence-electron chi connectivity index (χ1n) is 9.45. The van der Waals surface area contributed by atoms with Crippen molar-refractivity contribution in [2.24, 2.45) is 0 Å². The van der Waals surface area contributed by atoms with Gasteiger partial charge in [0.1, 0.15) is 0 Å². The molecule has 1 aliphatic heterocycles. The molecule has 1 unspecified atom stereocenters. The van der Waals surface area contributed by atoms with Crippen LogP contribution in [0.1, 0.15) is 78.6 Å². The molecular formula is C20H31NO3. The van der Waals surface area contributed by atoms with Gasteiger partial charge in [0.15, 0.2) is 11.5 Å². The summed E-state index contributed by atoms with van der Waals surface area (Å²) in [6, 6.07) is 0. The predicted molar refractivity (Wildman–Crippen MR) is 95.5 cm³/mol. The van der Waals surface area contributed by atoms with Crippen molar-refractivity contribution in [1.29, 1.82) is 0 Å². The van der Waals surface area contributed by atoms with E-state index in [1.807, 2.05) is 13.8 Å². The molecule has 0 bridgehead atoms. The van der Waals surface area contributed by atoms with Crippen LogP contribution in [0.15, 0.2) is 23.1 Å². The van der Waals surface area contributed by atoms with Gasteiger partial charge in [0.2, 0.25) is 5.78 Å². The Morgan fingerprint density at radius 1 is 1.12 bits per heavy atom. The van der Waals surface area contributed by atoms with E-state index in [1.54, 1.807) is 6.08 Å². The number of Topliss-reactive ketones (excluding diaryl/α,β-unsaturated/α-hetero) is 1. The summed E-state index contributed by atoms with van der Waals surface area (Å²) in [5.41, 5.74) is 1.04. The Morgan fingerprint density at radius 3 is 2.54 bits per heavy atom. The number of nitrogens with one attached hydrogen (secondary N) is 1. The Hall–Kier alpha value is -1.58. The molecular weight excluding hydrogens is 302 g/mol. The highest BCUT2D eigenvalue weighted by molar-refractivity contribution is 6.14. The molecule has 1 heterocycles. The number of allylic oxidation sites excluding steroid dienone is 3. The normalized spacial score (nSPS) is 23.7. The first-order valence-corrected chi connectivity index (χ1v) is 9.45. The molecule has 24 heavy (non-hydrogen) atoms. The largest absolute Gasteiger partial charge is 0.488 e. The van der Waals surface area contributed by atoms with Gasteiger partial charge >= 0.3 is 0 Å². The molecule has 4 nitrogen and oxygen atoms in total. The van der Waals surface area contributed by atoms with Crippen molar-refractivity contribution >= 4 is 11.6 Å². The number of fused-ring (bicyclic) bond motifs is 1. The van der Waals surface area contributed by atoms with Crippen molar-refractivity contribution in [3.63, 3.8) is 0 Å². The predicted octanol–water partition coefficient (Wildman–Crippen LogP) is 4.21. The van der Waals surface area contributed by atoms with E-state index in [4.69, 9.17) is 4.74 Å². The monoisotopic (exact) mass is 333 g/mol. The number of carbonyl (C=O) groups excluding carboxylic acids is 2. The van der Waals surface area contributed by atoms with Crippen LogP contribution in [0.5, 0.6) is 0 Å². The Morgan fingerprint density at radius 2 is 1.83 bits per heavy atom. The van der Waals surface area contributed by atoms with Gasteiger partial charge in [0.25, 0.3) is 0 Å². The van der Waals surface area contributed by atoms with Crippen molar-refractivity contribution in [3.8, 4) is 0 Å². The maximum atomic E-state index is 12.8. The van der Waals surface area contributed by atoms with Crippen LogP contribution in [0.3, 0.4) is 0 Å². The minimum atomic E-state index is -0.375. The standard InChI is InChI=1S/C20H31NO3/c1-4-6-7-8-9-10-12-20-13-11-16(22)14-17(20)18(23)19(24-5-2)15(3)21-20/h14,21H,4-13H2,1-3H3. The minimum Gasteiger partial charge on any atom is -0.488 e. The summed E-state index contributed by atoms with van der Waals surface area (Å²) >= 11 is 0. The molecule has 0 aromatic heterocycles. The summed E-state index contributed by atoms with van der Waals surface area (Å²) in [5, 5.41) is 3.53. The first-order chi connectivity index (χ1) is 11.5. The molecule has 0 radical (unpaired) electrons. The third-order valence-electron chi connectivity index (χ3n) is 5.08. The van der Waals surface area contributed by atoms with Crippen LogP contribution in [-0.2, 0) is 14.3 Å². The minimum absolute atomic E-state index is 0.0501. The maximum Gasteiger partial charge on any atom is 0.227 e. The summed E-state index contributed by atoms with van der Waals surface area (Å²) in [6.45, 7) is 6.44.